The van der Waals surface area contributed by atoms with E-state index in [0.29, 0.717) is 47.7 Å². The first-order chi connectivity index (χ1) is 14.3. The Morgan fingerprint density at radius 2 is 1.57 bits per heavy atom. The largest absolute Gasteiger partial charge is 0.507 e. The second-order valence-electron chi connectivity index (χ2n) is 7.05. The Labute approximate surface area is 177 Å². The molecule has 6 nitrogen and oxygen atoms in total. The van der Waals surface area contributed by atoms with Crippen LogP contribution in [0.1, 0.15) is 45.6 Å². The predicted molar refractivity (Wildman–Crippen MR) is 116 cm³/mol. The van der Waals surface area contributed by atoms with Crippen LogP contribution in [0.2, 0.25) is 0 Å². The minimum Gasteiger partial charge on any atom is -0.507 e. The van der Waals surface area contributed by atoms with Gasteiger partial charge in [0, 0.05) is 11.6 Å². The molecule has 1 N–H and O–H groups in total. The van der Waals surface area contributed by atoms with Gasteiger partial charge in [0.25, 0.3) is 0 Å². The number of methoxy groups -OCH3 is 3. The zero-order valence-electron chi connectivity index (χ0n) is 18.5. The molecule has 1 aliphatic carbocycles. The highest BCUT2D eigenvalue weighted by atomic mass is 16.5. The van der Waals surface area contributed by atoms with Gasteiger partial charge in [0.2, 0.25) is 0 Å². The summed E-state index contributed by atoms with van der Waals surface area (Å²) >= 11 is 0. The van der Waals surface area contributed by atoms with Gasteiger partial charge in [-0.3, -0.25) is 9.59 Å². The molecule has 0 saturated heterocycles. The summed E-state index contributed by atoms with van der Waals surface area (Å²) in [6, 6.07) is 5.21. The van der Waals surface area contributed by atoms with Gasteiger partial charge < -0.3 is 19.3 Å². The van der Waals surface area contributed by atoms with Gasteiger partial charge >= 0.3 is 0 Å². The molecule has 162 valence electrons. The lowest BCUT2D eigenvalue weighted by atomic mass is 9.68. The first-order valence-corrected chi connectivity index (χ1v) is 10.0. The molecule has 2 rings (SSSR count). The predicted octanol–water partition coefficient (Wildman–Crippen LogP) is 4.80. The van der Waals surface area contributed by atoms with Crippen molar-refractivity contribution in [3.05, 3.63) is 52.5 Å². The van der Waals surface area contributed by atoms with Crippen molar-refractivity contribution in [1.29, 1.82) is 0 Å². The van der Waals surface area contributed by atoms with Gasteiger partial charge in [0.1, 0.15) is 28.6 Å². The number of aliphatic hydroxyl groups is 1. The van der Waals surface area contributed by atoms with Gasteiger partial charge in [0.15, 0.2) is 11.6 Å². The average molecular weight is 414 g/mol. The summed E-state index contributed by atoms with van der Waals surface area (Å²) < 4.78 is 16.0. The molecule has 0 heterocycles. The van der Waals surface area contributed by atoms with Crippen LogP contribution in [-0.4, -0.2) is 38.0 Å². The number of rotatable bonds is 9. The van der Waals surface area contributed by atoms with Crippen molar-refractivity contribution in [1.82, 2.24) is 0 Å². The third-order valence-corrected chi connectivity index (χ3v) is 5.71. The van der Waals surface area contributed by atoms with E-state index in [4.69, 9.17) is 14.2 Å². The van der Waals surface area contributed by atoms with Crippen LogP contribution in [-0.2, 0) is 14.3 Å². The van der Waals surface area contributed by atoms with Gasteiger partial charge in [-0.1, -0.05) is 26.8 Å². The van der Waals surface area contributed by atoms with E-state index in [-0.39, 0.29) is 11.3 Å². The lowest BCUT2D eigenvalue weighted by Gasteiger charge is -2.37. The van der Waals surface area contributed by atoms with E-state index >= 15 is 0 Å². The summed E-state index contributed by atoms with van der Waals surface area (Å²) in [5, 5.41) is 10.8. The van der Waals surface area contributed by atoms with Crippen LogP contribution in [0.25, 0.3) is 6.08 Å². The van der Waals surface area contributed by atoms with Crippen LogP contribution < -0.4 is 9.47 Å². The summed E-state index contributed by atoms with van der Waals surface area (Å²) in [7, 11) is 4.57. The highest BCUT2D eigenvalue weighted by Gasteiger charge is 2.49. The molecular weight excluding hydrogens is 384 g/mol. The van der Waals surface area contributed by atoms with Crippen molar-refractivity contribution in [2.45, 2.75) is 40.0 Å². The smallest absolute Gasteiger partial charge is 0.193 e. The zero-order valence-corrected chi connectivity index (χ0v) is 18.5. The van der Waals surface area contributed by atoms with E-state index < -0.39 is 17.0 Å². The number of ether oxygens (including phenoxy) is 3. The van der Waals surface area contributed by atoms with Crippen LogP contribution in [0.5, 0.6) is 11.5 Å². The molecule has 0 atom stereocenters. The molecule has 1 aromatic carbocycles. The van der Waals surface area contributed by atoms with Gasteiger partial charge in [-0.05, 0) is 43.0 Å². The van der Waals surface area contributed by atoms with Crippen molar-refractivity contribution >= 4 is 17.6 Å². The van der Waals surface area contributed by atoms with E-state index in [1.807, 2.05) is 20.8 Å². The molecule has 0 bridgehead atoms. The minimum atomic E-state index is -0.954. The summed E-state index contributed by atoms with van der Waals surface area (Å²) in [6.07, 6.45) is 4.24. The van der Waals surface area contributed by atoms with Crippen molar-refractivity contribution in [3.63, 3.8) is 0 Å². The van der Waals surface area contributed by atoms with Gasteiger partial charge in [-0.2, -0.15) is 0 Å². The summed E-state index contributed by atoms with van der Waals surface area (Å²) in [5.74, 6) is 0.359. The Morgan fingerprint density at radius 3 is 2.00 bits per heavy atom. The Bertz CT molecular complexity index is 893. The second-order valence-corrected chi connectivity index (χ2v) is 7.05. The standard InChI is InChI=1S/C24H30O6/c1-7-18-21(26)20(22(27)24(8-2,9-3)23(18)30-6)19(25)11-10-15-12-16(28-4)14-17(13-15)29-5/h10-14,26H,7-9H2,1-6H3/b11-10+. The van der Waals surface area contributed by atoms with Crippen molar-refractivity contribution < 1.29 is 28.9 Å². The van der Waals surface area contributed by atoms with Crippen LogP contribution in [0.15, 0.2) is 46.9 Å². The summed E-state index contributed by atoms with van der Waals surface area (Å²) in [5.41, 5.74) is 0.0247. The SMILES string of the molecule is CCC1=C(OC)C(CC)(CC)C(=O)C(C(=O)/C=C/c2cc(OC)cc(OC)c2)=C1O. The fourth-order valence-corrected chi connectivity index (χ4v) is 3.95. The summed E-state index contributed by atoms with van der Waals surface area (Å²) in [4.78, 5) is 26.4. The Kier molecular flexibility index (Phi) is 7.48. The Hall–Kier alpha value is -3.02. The Balaban J connectivity index is 2.54. The van der Waals surface area contributed by atoms with Crippen LogP contribution >= 0.6 is 0 Å². The maximum absolute atomic E-state index is 13.4. The van der Waals surface area contributed by atoms with E-state index in [1.54, 1.807) is 24.3 Å². The maximum Gasteiger partial charge on any atom is 0.193 e. The van der Waals surface area contributed by atoms with E-state index in [9.17, 15) is 14.7 Å². The molecule has 6 heteroatoms. The molecule has 0 radical (unpaired) electrons. The molecule has 0 fully saturated rings. The lowest BCUT2D eigenvalue weighted by Crippen LogP contribution is -2.40. The number of ketones is 2. The number of allylic oxidation sites excluding steroid dienone is 4. The van der Waals surface area contributed by atoms with E-state index in [1.165, 1.54) is 27.4 Å². The minimum absolute atomic E-state index is 0.192. The first kappa shape index (κ1) is 23.3. The van der Waals surface area contributed by atoms with Crippen molar-refractivity contribution in [2.75, 3.05) is 21.3 Å². The highest BCUT2D eigenvalue weighted by molar-refractivity contribution is 6.28. The number of carbonyl (C=O) groups excluding carboxylic acids is 2. The molecule has 0 spiro atoms. The molecule has 1 aromatic rings. The van der Waals surface area contributed by atoms with Crippen molar-refractivity contribution in [2.24, 2.45) is 5.41 Å². The number of benzene rings is 1. The number of hydrogen-bond acceptors (Lipinski definition) is 6. The zero-order chi connectivity index (χ0) is 22.5. The van der Waals surface area contributed by atoms with Gasteiger partial charge in [0.05, 0.1) is 26.7 Å². The molecule has 0 saturated carbocycles. The Morgan fingerprint density at radius 1 is 1.00 bits per heavy atom. The molecule has 30 heavy (non-hydrogen) atoms. The number of aliphatic hydroxyl groups excluding tert-OH is 1. The summed E-state index contributed by atoms with van der Waals surface area (Å²) in [6.45, 7) is 5.63. The fourth-order valence-electron chi connectivity index (χ4n) is 3.95. The molecule has 0 amide bonds. The average Bonchev–Trinajstić information content (AvgIpc) is 2.77. The van der Waals surface area contributed by atoms with Crippen LogP contribution in [0.3, 0.4) is 0 Å². The number of carbonyl (C=O) groups is 2. The third-order valence-electron chi connectivity index (χ3n) is 5.71. The third kappa shape index (κ3) is 3.99. The van der Waals surface area contributed by atoms with E-state index in [0.717, 1.165) is 0 Å². The quantitative estimate of drug-likeness (QED) is 0.462. The second kappa shape index (κ2) is 9.65. The monoisotopic (exact) mass is 414 g/mol. The van der Waals surface area contributed by atoms with Crippen molar-refractivity contribution in [3.8, 4) is 11.5 Å². The fraction of sp³-hybridized carbons (Fsp3) is 0.417. The number of Topliss-reactive ketones (excluding diaryl/α,β-unsaturated/α-hetero) is 1. The van der Waals surface area contributed by atoms with Gasteiger partial charge in [-0.25, -0.2) is 0 Å². The molecular formula is C24H30O6. The van der Waals surface area contributed by atoms with Gasteiger partial charge in [-0.15, -0.1) is 0 Å². The number of hydrogen-bond donors (Lipinski definition) is 1. The highest BCUT2D eigenvalue weighted by Crippen LogP contribution is 2.46. The van der Waals surface area contributed by atoms with E-state index in [2.05, 4.69) is 0 Å². The lowest BCUT2D eigenvalue weighted by molar-refractivity contribution is -0.128. The molecule has 1 aliphatic rings. The normalized spacial score (nSPS) is 16.3. The molecule has 0 aliphatic heterocycles. The topological polar surface area (TPSA) is 82.1 Å². The van der Waals surface area contributed by atoms with Crippen LogP contribution in [0, 0.1) is 5.41 Å². The molecule has 0 unspecified atom stereocenters. The first-order valence-electron chi connectivity index (χ1n) is 10.0. The van der Waals surface area contributed by atoms with Crippen LogP contribution in [0.4, 0.5) is 0 Å². The maximum atomic E-state index is 13.4. The molecule has 0 aromatic heterocycles.